The van der Waals surface area contributed by atoms with Crippen LogP contribution >= 0.6 is 0 Å². The second kappa shape index (κ2) is 1.81. The van der Waals surface area contributed by atoms with Crippen molar-refractivity contribution in [2.75, 3.05) is 0 Å². The molecular weight excluding hydrogens is 144 g/mol. The summed E-state index contributed by atoms with van der Waals surface area (Å²) in [6.45, 7) is 0. The second-order valence-corrected chi connectivity index (χ2v) is 1.40. The molecule has 0 aromatic rings. The van der Waals surface area contributed by atoms with Gasteiger partial charge in [-0.25, -0.2) is 8.78 Å². The van der Waals surface area contributed by atoms with E-state index >= 15 is 0 Å². The lowest BCUT2D eigenvalue weighted by molar-refractivity contribution is -0.360. The Balaban J connectivity index is 2.54. The number of hydrogen-bond donors (Lipinski definition) is 0. The van der Waals surface area contributed by atoms with Gasteiger partial charge in [0.15, 0.2) is 0 Å². The Morgan fingerprint density at radius 1 is 1.00 bits per heavy atom. The normalized spacial score (nSPS) is 41.3. The molecule has 0 bridgehead atoms. The zero-order chi connectivity index (χ0) is 7.07. The first-order chi connectivity index (χ1) is 4.01. The topological polar surface area (TPSA) is 18.5 Å². The van der Waals surface area contributed by atoms with Gasteiger partial charge in [0.05, 0.1) is 0 Å². The van der Waals surface area contributed by atoms with Crippen molar-refractivity contribution in [2.24, 2.45) is 0 Å². The van der Waals surface area contributed by atoms with Gasteiger partial charge >= 0.3 is 6.29 Å². The monoisotopic (exact) mass is 146 g/mol. The van der Waals surface area contributed by atoms with Gasteiger partial charge in [0.1, 0.15) is 0 Å². The fourth-order valence-electron chi connectivity index (χ4n) is 0.397. The maximum Gasteiger partial charge on any atom is 0.490 e. The third-order valence-electron chi connectivity index (χ3n) is 0.706. The van der Waals surface area contributed by atoms with Crippen LogP contribution in [0.1, 0.15) is 0 Å². The van der Waals surface area contributed by atoms with E-state index in [-0.39, 0.29) is 0 Å². The maximum atomic E-state index is 11.6. The zero-order valence-corrected chi connectivity index (χ0v) is 3.98. The number of ether oxygens (including phenoxy) is 2. The largest absolute Gasteiger partial charge is 0.490 e. The minimum Gasteiger partial charge on any atom is -0.255 e. The van der Waals surface area contributed by atoms with Crippen molar-refractivity contribution < 1.29 is 27.0 Å². The predicted octanol–water partition coefficient (Wildman–Crippen LogP) is 1.17. The zero-order valence-electron chi connectivity index (χ0n) is 3.98. The summed E-state index contributed by atoms with van der Waals surface area (Å²) in [6.07, 6.45) is -9.47. The van der Waals surface area contributed by atoms with E-state index in [0.29, 0.717) is 0 Å². The minimum atomic E-state index is -4.11. The molecule has 0 aliphatic carbocycles. The standard InChI is InChI=1S/C3H2F4O2/c4-1-2(5)9-3(6,7)8-1/h1-2H. The van der Waals surface area contributed by atoms with E-state index in [2.05, 4.69) is 9.47 Å². The molecule has 1 rings (SSSR count). The van der Waals surface area contributed by atoms with E-state index in [1.807, 2.05) is 0 Å². The van der Waals surface area contributed by atoms with Crippen molar-refractivity contribution in [1.82, 2.24) is 0 Å². The molecule has 2 atom stereocenters. The van der Waals surface area contributed by atoms with Crippen molar-refractivity contribution in [1.29, 1.82) is 0 Å². The highest BCUT2D eigenvalue weighted by atomic mass is 19.3. The average molecular weight is 146 g/mol. The molecule has 1 saturated heterocycles. The van der Waals surface area contributed by atoms with Gasteiger partial charge in [-0.2, -0.15) is 0 Å². The first kappa shape index (κ1) is 6.76. The van der Waals surface area contributed by atoms with E-state index in [0.717, 1.165) is 0 Å². The number of rotatable bonds is 0. The highest BCUT2D eigenvalue weighted by Gasteiger charge is 2.50. The van der Waals surface area contributed by atoms with Gasteiger partial charge in [0.25, 0.3) is 12.7 Å². The van der Waals surface area contributed by atoms with Gasteiger partial charge in [-0.05, 0) is 0 Å². The Morgan fingerprint density at radius 2 is 1.33 bits per heavy atom. The Kier molecular flexibility index (Phi) is 1.36. The number of halogens is 4. The molecule has 1 heterocycles. The third kappa shape index (κ3) is 1.31. The van der Waals surface area contributed by atoms with E-state index in [1.54, 1.807) is 0 Å². The van der Waals surface area contributed by atoms with E-state index < -0.39 is 19.0 Å². The van der Waals surface area contributed by atoms with Crippen LogP contribution in [0.3, 0.4) is 0 Å². The summed E-state index contributed by atoms with van der Waals surface area (Å²) < 4.78 is 52.4. The first-order valence-electron chi connectivity index (χ1n) is 2.03. The predicted molar refractivity (Wildman–Crippen MR) is 16.9 cm³/mol. The summed E-state index contributed by atoms with van der Waals surface area (Å²) in [7, 11) is 0. The quantitative estimate of drug-likeness (QED) is 0.477. The molecule has 0 amide bonds. The van der Waals surface area contributed by atoms with Crippen LogP contribution < -0.4 is 0 Å². The summed E-state index contributed by atoms with van der Waals surface area (Å²) in [5.41, 5.74) is 0. The number of alkyl halides is 4. The van der Waals surface area contributed by atoms with Crippen LogP contribution in [0.25, 0.3) is 0 Å². The van der Waals surface area contributed by atoms with Crippen LogP contribution in [0.4, 0.5) is 17.6 Å². The SMILES string of the molecule is FC1OC(F)(F)OC1F. The van der Waals surface area contributed by atoms with Crippen molar-refractivity contribution >= 4 is 0 Å². The van der Waals surface area contributed by atoms with Crippen molar-refractivity contribution in [3.8, 4) is 0 Å². The molecule has 9 heavy (non-hydrogen) atoms. The van der Waals surface area contributed by atoms with Gasteiger partial charge in [-0.1, -0.05) is 0 Å². The van der Waals surface area contributed by atoms with Gasteiger partial charge in [-0.15, -0.1) is 8.78 Å². The summed E-state index contributed by atoms with van der Waals surface area (Å²) >= 11 is 0. The lowest BCUT2D eigenvalue weighted by Crippen LogP contribution is -2.16. The van der Waals surface area contributed by atoms with Crippen LogP contribution in [0, 0.1) is 0 Å². The minimum absolute atomic E-state index is 2.68. The third-order valence-corrected chi connectivity index (χ3v) is 0.706. The molecule has 6 heteroatoms. The van der Waals surface area contributed by atoms with Crippen LogP contribution in [-0.4, -0.2) is 19.0 Å². The Bertz CT molecular complexity index is 104. The van der Waals surface area contributed by atoms with E-state index in [1.165, 1.54) is 0 Å². The van der Waals surface area contributed by atoms with Crippen molar-refractivity contribution in [2.45, 2.75) is 19.0 Å². The van der Waals surface area contributed by atoms with E-state index in [9.17, 15) is 17.6 Å². The molecule has 0 spiro atoms. The smallest absolute Gasteiger partial charge is 0.255 e. The van der Waals surface area contributed by atoms with E-state index in [4.69, 9.17) is 0 Å². The molecule has 0 radical (unpaired) electrons. The highest BCUT2D eigenvalue weighted by molar-refractivity contribution is 4.56. The lowest BCUT2D eigenvalue weighted by Gasteiger charge is -2.01. The van der Waals surface area contributed by atoms with Crippen molar-refractivity contribution in [3.63, 3.8) is 0 Å². The molecule has 0 N–H and O–H groups in total. The molecular formula is C3H2F4O2. The highest BCUT2D eigenvalue weighted by Crippen LogP contribution is 2.32. The number of hydrogen-bond acceptors (Lipinski definition) is 2. The van der Waals surface area contributed by atoms with Gasteiger partial charge < -0.3 is 0 Å². The molecule has 2 nitrogen and oxygen atoms in total. The molecule has 1 fully saturated rings. The molecule has 0 aromatic heterocycles. The molecule has 0 saturated carbocycles. The van der Waals surface area contributed by atoms with Crippen LogP contribution in [0.2, 0.25) is 0 Å². The molecule has 1 aliphatic heterocycles. The average Bonchev–Trinajstić information content (AvgIpc) is 1.79. The Morgan fingerprint density at radius 3 is 1.44 bits per heavy atom. The molecule has 1 aliphatic rings. The van der Waals surface area contributed by atoms with Crippen LogP contribution in [0.5, 0.6) is 0 Å². The van der Waals surface area contributed by atoms with Crippen LogP contribution in [0.15, 0.2) is 0 Å². The summed E-state index contributed by atoms with van der Waals surface area (Å²) in [5.74, 6) is 0. The molecule has 2 unspecified atom stereocenters. The molecule has 0 aromatic carbocycles. The van der Waals surface area contributed by atoms with Gasteiger partial charge in [-0.3, -0.25) is 9.47 Å². The van der Waals surface area contributed by atoms with Crippen LogP contribution in [-0.2, 0) is 9.47 Å². The Hall–Kier alpha value is -0.360. The molecule has 54 valence electrons. The summed E-state index contributed by atoms with van der Waals surface area (Å²) in [4.78, 5) is 0. The van der Waals surface area contributed by atoms with Crippen molar-refractivity contribution in [3.05, 3.63) is 0 Å². The van der Waals surface area contributed by atoms with Gasteiger partial charge in [0, 0.05) is 0 Å². The summed E-state index contributed by atoms with van der Waals surface area (Å²) in [5, 5.41) is 0. The maximum absolute atomic E-state index is 11.6. The Labute approximate surface area is 47.4 Å². The van der Waals surface area contributed by atoms with Gasteiger partial charge in [0.2, 0.25) is 0 Å². The lowest BCUT2D eigenvalue weighted by atomic mass is 10.7. The fourth-order valence-corrected chi connectivity index (χ4v) is 0.397. The fraction of sp³-hybridized carbons (Fsp3) is 1.00. The first-order valence-corrected chi connectivity index (χ1v) is 2.03. The summed E-state index contributed by atoms with van der Waals surface area (Å²) in [6, 6.07) is 0. The second-order valence-electron chi connectivity index (χ2n) is 1.40.